The van der Waals surface area contributed by atoms with Crippen LogP contribution in [0.1, 0.15) is 29.4 Å². The second kappa shape index (κ2) is 6.56. The van der Waals surface area contributed by atoms with Gasteiger partial charge in [-0.25, -0.2) is 0 Å². The fraction of sp³-hybridized carbons (Fsp3) is 0.357. The van der Waals surface area contributed by atoms with E-state index in [0.717, 1.165) is 21.0 Å². The van der Waals surface area contributed by atoms with Crippen LogP contribution in [0.2, 0.25) is 0 Å². The number of hydrogen-bond donors (Lipinski definition) is 3. The van der Waals surface area contributed by atoms with Gasteiger partial charge < -0.3 is 16.2 Å². The van der Waals surface area contributed by atoms with E-state index >= 15 is 0 Å². The number of hydrogen-bond acceptors (Lipinski definition) is 4. The number of anilines is 1. The number of amides is 1. The van der Waals surface area contributed by atoms with Gasteiger partial charge in [0.2, 0.25) is 0 Å². The monoisotopic (exact) mass is 356 g/mol. The van der Waals surface area contributed by atoms with Crippen molar-refractivity contribution in [3.05, 3.63) is 27.5 Å². The van der Waals surface area contributed by atoms with Gasteiger partial charge in [-0.3, -0.25) is 4.79 Å². The first-order valence-electron chi connectivity index (χ1n) is 6.43. The molecule has 2 aromatic rings. The van der Waals surface area contributed by atoms with E-state index in [-0.39, 0.29) is 12.0 Å². The Labute approximate surface area is 130 Å². The Hall–Kier alpha value is -1.11. The van der Waals surface area contributed by atoms with Crippen molar-refractivity contribution < 1.29 is 9.90 Å². The molecular weight excluding hydrogens is 340 g/mol. The topological polar surface area (TPSA) is 75.3 Å². The SMILES string of the molecule is CC(O)CCCNC(=O)c1sc2cc(Br)ccc2c1N. The van der Waals surface area contributed by atoms with E-state index in [1.807, 2.05) is 18.2 Å². The highest BCUT2D eigenvalue weighted by Gasteiger charge is 2.16. The summed E-state index contributed by atoms with van der Waals surface area (Å²) >= 11 is 4.80. The average molecular weight is 357 g/mol. The van der Waals surface area contributed by atoms with Gasteiger partial charge in [-0.1, -0.05) is 22.0 Å². The smallest absolute Gasteiger partial charge is 0.263 e. The third kappa shape index (κ3) is 3.50. The molecule has 0 aliphatic carbocycles. The van der Waals surface area contributed by atoms with Crippen molar-refractivity contribution >= 4 is 48.9 Å². The second-order valence-electron chi connectivity index (χ2n) is 4.73. The zero-order valence-electron chi connectivity index (χ0n) is 11.1. The normalized spacial score (nSPS) is 12.6. The van der Waals surface area contributed by atoms with Crippen LogP contribution < -0.4 is 11.1 Å². The van der Waals surface area contributed by atoms with Gasteiger partial charge in [0.1, 0.15) is 4.88 Å². The molecule has 0 bridgehead atoms. The maximum atomic E-state index is 12.1. The fourth-order valence-electron chi connectivity index (χ4n) is 1.94. The van der Waals surface area contributed by atoms with Crippen LogP contribution in [0.4, 0.5) is 5.69 Å². The first kappa shape index (κ1) is 15.3. The van der Waals surface area contributed by atoms with E-state index in [9.17, 15) is 4.79 Å². The summed E-state index contributed by atoms with van der Waals surface area (Å²) in [4.78, 5) is 12.7. The maximum absolute atomic E-state index is 12.1. The molecule has 0 fully saturated rings. The van der Waals surface area contributed by atoms with E-state index < -0.39 is 0 Å². The molecule has 6 heteroatoms. The van der Waals surface area contributed by atoms with Crippen molar-refractivity contribution in [2.24, 2.45) is 0 Å². The summed E-state index contributed by atoms with van der Waals surface area (Å²) < 4.78 is 1.96. The molecule has 0 aliphatic rings. The third-order valence-electron chi connectivity index (χ3n) is 2.98. The molecule has 1 heterocycles. The molecule has 0 spiro atoms. The van der Waals surface area contributed by atoms with Gasteiger partial charge in [0.25, 0.3) is 5.91 Å². The first-order valence-corrected chi connectivity index (χ1v) is 8.03. The number of carbonyl (C=O) groups is 1. The van der Waals surface area contributed by atoms with Crippen LogP contribution in [0.15, 0.2) is 22.7 Å². The van der Waals surface area contributed by atoms with Gasteiger partial charge in [0.15, 0.2) is 0 Å². The van der Waals surface area contributed by atoms with Crippen LogP contribution in [0, 0.1) is 0 Å². The van der Waals surface area contributed by atoms with Crippen molar-refractivity contribution in [3.8, 4) is 0 Å². The number of nitrogens with one attached hydrogen (secondary N) is 1. The Morgan fingerprint density at radius 1 is 1.55 bits per heavy atom. The van der Waals surface area contributed by atoms with Crippen LogP contribution in [0.3, 0.4) is 0 Å². The van der Waals surface area contributed by atoms with Crippen LogP contribution in [0.5, 0.6) is 0 Å². The van der Waals surface area contributed by atoms with Crippen molar-refractivity contribution in [2.75, 3.05) is 12.3 Å². The standard InChI is InChI=1S/C14H17BrN2O2S/c1-8(18)3-2-6-17-14(19)13-12(16)10-5-4-9(15)7-11(10)20-13/h4-5,7-8,18H,2-3,6,16H2,1H3,(H,17,19). The number of carbonyl (C=O) groups excluding carboxylic acids is 1. The van der Waals surface area contributed by atoms with E-state index in [4.69, 9.17) is 10.8 Å². The molecule has 1 unspecified atom stereocenters. The molecule has 4 N–H and O–H groups in total. The predicted molar refractivity (Wildman–Crippen MR) is 87.2 cm³/mol. The minimum Gasteiger partial charge on any atom is -0.397 e. The summed E-state index contributed by atoms with van der Waals surface area (Å²) in [5.41, 5.74) is 6.57. The molecular formula is C14H17BrN2O2S. The van der Waals surface area contributed by atoms with E-state index in [1.165, 1.54) is 11.3 Å². The predicted octanol–water partition coefficient (Wildman–Crippen LogP) is 3.14. The van der Waals surface area contributed by atoms with E-state index in [0.29, 0.717) is 23.5 Å². The zero-order chi connectivity index (χ0) is 14.7. The van der Waals surface area contributed by atoms with Crippen molar-refractivity contribution in [3.63, 3.8) is 0 Å². The van der Waals surface area contributed by atoms with Gasteiger partial charge in [-0.05, 0) is 31.9 Å². The molecule has 20 heavy (non-hydrogen) atoms. The molecule has 2 rings (SSSR count). The number of halogens is 1. The quantitative estimate of drug-likeness (QED) is 0.720. The summed E-state index contributed by atoms with van der Waals surface area (Å²) in [6.07, 6.45) is 1.09. The third-order valence-corrected chi connectivity index (χ3v) is 4.64. The Balaban J connectivity index is 2.08. The number of nitrogens with two attached hydrogens (primary N) is 1. The lowest BCUT2D eigenvalue weighted by Gasteiger charge is -2.05. The summed E-state index contributed by atoms with van der Waals surface area (Å²) in [7, 11) is 0. The van der Waals surface area contributed by atoms with E-state index in [1.54, 1.807) is 6.92 Å². The first-order chi connectivity index (χ1) is 9.49. The number of aliphatic hydroxyl groups is 1. The summed E-state index contributed by atoms with van der Waals surface area (Å²) in [6, 6.07) is 5.78. The molecule has 1 aromatic carbocycles. The molecule has 0 radical (unpaired) electrons. The Bertz CT molecular complexity index is 625. The Morgan fingerprint density at radius 2 is 2.30 bits per heavy atom. The number of nitrogen functional groups attached to an aromatic ring is 1. The number of thiophene rings is 1. The van der Waals surface area contributed by atoms with Gasteiger partial charge in [-0.2, -0.15) is 0 Å². The summed E-state index contributed by atoms with van der Waals surface area (Å²) in [5, 5.41) is 12.9. The van der Waals surface area contributed by atoms with Crippen molar-refractivity contribution in [1.29, 1.82) is 0 Å². The number of benzene rings is 1. The second-order valence-corrected chi connectivity index (χ2v) is 6.70. The molecule has 4 nitrogen and oxygen atoms in total. The lowest BCUT2D eigenvalue weighted by molar-refractivity contribution is 0.0954. The molecule has 1 atom stereocenters. The summed E-state index contributed by atoms with van der Waals surface area (Å²) in [5.74, 6) is -0.148. The summed E-state index contributed by atoms with van der Waals surface area (Å²) in [6.45, 7) is 2.28. The lowest BCUT2D eigenvalue weighted by Crippen LogP contribution is -2.24. The van der Waals surface area contributed by atoms with Gasteiger partial charge >= 0.3 is 0 Å². The molecule has 108 valence electrons. The molecule has 1 amide bonds. The minimum absolute atomic E-state index is 0.148. The lowest BCUT2D eigenvalue weighted by atomic mass is 10.2. The average Bonchev–Trinajstić information content (AvgIpc) is 2.71. The molecule has 1 aromatic heterocycles. The van der Waals surface area contributed by atoms with E-state index in [2.05, 4.69) is 21.2 Å². The van der Waals surface area contributed by atoms with Crippen molar-refractivity contribution in [1.82, 2.24) is 5.32 Å². The number of aliphatic hydroxyl groups excluding tert-OH is 1. The largest absolute Gasteiger partial charge is 0.397 e. The number of fused-ring (bicyclic) bond motifs is 1. The van der Waals surface area contributed by atoms with Crippen molar-refractivity contribution in [2.45, 2.75) is 25.9 Å². The van der Waals surface area contributed by atoms with Crippen LogP contribution in [-0.4, -0.2) is 23.7 Å². The highest BCUT2D eigenvalue weighted by atomic mass is 79.9. The Kier molecular flexibility index (Phi) is 5.01. The van der Waals surface area contributed by atoms with Gasteiger partial charge in [0, 0.05) is 21.1 Å². The minimum atomic E-state index is -0.335. The number of rotatable bonds is 5. The fourth-order valence-corrected chi connectivity index (χ4v) is 3.53. The van der Waals surface area contributed by atoms with Gasteiger partial charge in [-0.15, -0.1) is 11.3 Å². The highest BCUT2D eigenvalue weighted by Crippen LogP contribution is 2.35. The Morgan fingerprint density at radius 3 is 3.00 bits per heavy atom. The zero-order valence-corrected chi connectivity index (χ0v) is 13.6. The maximum Gasteiger partial charge on any atom is 0.263 e. The molecule has 0 aliphatic heterocycles. The van der Waals surface area contributed by atoms with Crippen LogP contribution in [0.25, 0.3) is 10.1 Å². The van der Waals surface area contributed by atoms with Crippen LogP contribution >= 0.6 is 27.3 Å². The van der Waals surface area contributed by atoms with Gasteiger partial charge in [0.05, 0.1) is 11.8 Å². The van der Waals surface area contributed by atoms with Crippen LogP contribution in [-0.2, 0) is 0 Å². The molecule has 0 saturated heterocycles. The highest BCUT2D eigenvalue weighted by molar-refractivity contribution is 9.10. The molecule has 0 saturated carbocycles.